The Bertz CT molecular complexity index is 570. The zero-order valence-corrected chi connectivity index (χ0v) is 12.5. The minimum absolute atomic E-state index is 0.269. The molecule has 2 aromatic rings. The molecule has 0 bridgehead atoms. The van der Waals surface area contributed by atoms with Gasteiger partial charge >= 0.3 is 5.97 Å². The van der Waals surface area contributed by atoms with Gasteiger partial charge in [-0.05, 0) is 24.3 Å². The number of benzene rings is 2. The Hall–Kier alpha value is -2.79. The molecule has 0 aliphatic heterocycles. The number of aliphatic hydroxyl groups excluding tert-OH is 1. The molecule has 5 nitrogen and oxygen atoms in total. The third-order valence-corrected chi connectivity index (χ3v) is 2.87. The van der Waals surface area contributed by atoms with Gasteiger partial charge in [0, 0.05) is 6.08 Å². The first-order valence-electron chi connectivity index (χ1n) is 7.09. The molecule has 23 heavy (non-hydrogen) atoms. The number of para-hydroxylation sites is 2. The molecule has 0 saturated heterocycles. The van der Waals surface area contributed by atoms with Crippen molar-refractivity contribution in [3.05, 3.63) is 73.3 Å². The number of ether oxygens (including phenoxy) is 3. The van der Waals surface area contributed by atoms with Crippen molar-refractivity contribution in [1.29, 1.82) is 0 Å². The quantitative estimate of drug-likeness (QED) is 0.461. The molecule has 2 aromatic carbocycles. The number of rotatable bonds is 8. The number of hydrogen-bond acceptors (Lipinski definition) is 5. The van der Waals surface area contributed by atoms with Crippen LogP contribution in [0.2, 0.25) is 0 Å². The highest BCUT2D eigenvalue weighted by Gasteiger charge is 2.24. The second-order valence-electron chi connectivity index (χ2n) is 4.63. The van der Waals surface area contributed by atoms with E-state index in [9.17, 15) is 9.90 Å². The third kappa shape index (κ3) is 5.48. The minimum atomic E-state index is -1.17. The number of aliphatic hydroxyl groups is 1. The van der Waals surface area contributed by atoms with Crippen molar-refractivity contribution in [2.75, 3.05) is 6.61 Å². The average Bonchev–Trinajstić information content (AvgIpc) is 2.60. The van der Waals surface area contributed by atoms with Crippen LogP contribution in [-0.4, -0.2) is 30.1 Å². The van der Waals surface area contributed by atoms with Crippen molar-refractivity contribution < 1.29 is 24.1 Å². The van der Waals surface area contributed by atoms with Gasteiger partial charge in [-0.2, -0.15) is 0 Å². The summed E-state index contributed by atoms with van der Waals surface area (Å²) in [6.45, 7) is 3.03. The Balaban J connectivity index is 2.06. The van der Waals surface area contributed by atoms with Gasteiger partial charge in [-0.25, -0.2) is 4.79 Å². The second kappa shape index (κ2) is 8.60. The van der Waals surface area contributed by atoms with Gasteiger partial charge in [0.05, 0.1) is 0 Å². The van der Waals surface area contributed by atoms with Crippen LogP contribution in [0.15, 0.2) is 73.3 Å². The molecule has 0 amide bonds. The van der Waals surface area contributed by atoms with E-state index in [2.05, 4.69) is 6.58 Å². The third-order valence-electron chi connectivity index (χ3n) is 2.87. The summed E-state index contributed by atoms with van der Waals surface area (Å²) in [5.41, 5.74) is 0. The topological polar surface area (TPSA) is 65.0 Å². The monoisotopic (exact) mass is 314 g/mol. The predicted molar refractivity (Wildman–Crippen MR) is 85.1 cm³/mol. The molecule has 0 aliphatic carbocycles. The SMILES string of the molecule is C=CC(=O)OCC(O)C(Oc1ccccc1)Oc1ccccc1. The van der Waals surface area contributed by atoms with Gasteiger partial charge in [0.25, 0.3) is 6.29 Å². The van der Waals surface area contributed by atoms with E-state index in [1.54, 1.807) is 48.5 Å². The van der Waals surface area contributed by atoms with Crippen LogP contribution in [-0.2, 0) is 9.53 Å². The zero-order valence-electron chi connectivity index (χ0n) is 12.5. The maximum atomic E-state index is 11.1. The van der Waals surface area contributed by atoms with Crippen LogP contribution >= 0.6 is 0 Å². The lowest BCUT2D eigenvalue weighted by molar-refractivity contribution is -0.149. The lowest BCUT2D eigenvalue weighted by Crippen LogP contribution is -2.40. The molecule has 0 spiro atoms. The van der Waals surface area contributed by atoms with E-state index in [0.717, 1.165) is 6.08 Å². The van der Waals surface area contributed by atoms with Gasteiger partial charge in [-0.15, -0.1) is 0 Å². The van der Waals surface area contributed by atoms with Crippen molar-refractivity contribution in [2.45, 2.75) is 12.4 Å². The van der Waals surface area contributed by atoms with Crippen LogP contribution in [0, 0.1) is 0 Å². The Kier molecular flexibility index (Phi) is 6.20. The summed E-state index contributed by atoms with van der Waals surface area (Å²) < 4.78 is 16.2. The highest BCUT2D eigenvalue weighted by atomic mass is 16.7. The molecule has 0 aliphatic rings. The Morgan fingerprint density at radius 2 is 1.48 bits per heavy atom. The molecule has 0 radical (unpaired) electrons. The van der Waals surface area contributed by atoms with Gasteiger partial charge in [-0.1, -0.05) is 43.0 Å². The largest absolute Gasteiger partial charge is 0.459 e. The van der Waals surface area contributed by atoms with E-state index in [4.69, 9.17) is 14.2 Å². The summed E-state index contributed by atoms with van der Waals surface area (Å²) in [4.78, 5) is 11.1. The molecule has 0 heterocycles. The van der Waals surface area contributed by atoms with Gasteiger partial charge < -0.3 is 19.3 Å². The normalized spacial score (nSPS) is 11.6. The Morgan fingerprint density at radius 1 is 1.00 bits per heavy atom. The van der Waals surface area contributed by atoms with Crippen LogP contribution in [0.25, 0.3) is 0 Å². The van der Waals surface area contributed by atoms with Crippen molar-refractivity contribution in [2.24, 2.45) is 0 Å². The molecule has 1 N–H and O–H groups in total. The first kappa shape index (κ1) is 16.6. The molecule has 5 heteroatoms. The fraction of sp³-hybridized carbons (Fsp3) is 0.167. The molecule has 2 rings (SSSR count). The van der Waals surface area contributed by atoms with Gasteiger partial charge in [-0.3, -0.25) is 0 Å². The molecule has 0 fully saturated rings. The van der Waals surface area contributed by atoms with Crippen LogP contribution in [0.4, 0.5) is 0 Å². The maximum absolute atomic E-state index is 11.1. The van der Waals surface area contributed by atoms with Crippen molar-refractivity contribution in [3.63, 3.8) is 0 Å². The number of hydrogen-bond donors (Lipinski definition) is 1. The van der Waals surface area contributed by atoms with E-state index >= 15 is 0 Å². The lowest BCUT2D eigenvalue weighted by Gasteiger charge is -2.24. The van der Waals surface area contributed by atoms with E-state index in [1.807, 2.05) is 12.1 Å². The van der Waals surface area contributed by atoms with Crippen LogP contribution < -0.4 is 9.47 Å². The molecule has 1 atom stereocenters. The van der Waals surface area contributed by atoms with Gasteiger partial charge in [0.15, 0.2) is 6.10 Å². The summed E-state index contributed by atoms with van der Waals surface area (Å²) in [6, 6.07) is 17.9. The van der Waals surface area contributed by atoms with Crippen LogP contribution in [0.3, 0.4) is 0 Å². The molecular weight excluding hydrogens is 296 g/mol. The summed E-state index contributed by atoms with van der Waals surface area (Å²) in [5, 5.41) is 10.2. The lowest BCUT2D eigenvalue weighted by atomic mass is 10.3. The first-order chi connectivity index (χ1) is 11.2. The smallest absolute Gasteiger partial charge is 0.330 e. The number of carbonyl (C=O) groups is 1. The number of esters is 1. The van der Waals surface area contributed by atoms with Crippen LogP contribution in [0.1, 0.15) is 0 Å². The van der Waals surface area contributed by atoms with E-state index in [-0.39, 0.29) is 6.61 Å². The van der Waals surface area contributed by atoms with Gasteiger partial charge in [0.1, 0.15) is 18.1 Å². The predicted octanol–water partition coefficient (Wildman–Crippen LogP) is 2.56. The highest BCUT2D eigenvalue weighted by molar-refractivity contribution is 5.81. The highest BCUT2D eigenvalue weighted by Crippen LogP contribution is 2.17. The Morgan fingerprint density at radius 3 is 1.91 bits per heavy atom. The first-order valence-corrected chi connectivity index (χ1v) is 7.09. The molecule has 1 unspecified atom stereocenters. The fourth-order valence-electron chi connectivity index (χ4n) is 1.75. The van der Waals surface area contributed by atoms with Crippen LogP contribution in [0.5, 0.6) is 11.5 Å². The fourth-order valence-corrected chi connectivity index (χ4v) is 1.75. The summed E-state index contributed by atoms with van der Waals surface area (Å²) >= 11 is 0. The molecule has 0 aromatic heterocycles. The van der Waals surface area contributed by atoms with E-state index in [1.165, 1.54) is 0 Å². The van der Waals surface area contributed by atoms with E-state index < -0.39 is 18.4 Å². The summed E-state index contributed by atoms with van der Waals surface area (Å²) in [7, 11) is 0. The van der Waals surface area contributed by atoms with Crippen molar-refractivity contribution in [3.8, 4) is 11.5 Å². The summed E-state index contributed by atoms with van der Waals surface area (Å²) in [5.74, 6) is 0.437. The van der Waals surface area contributed by atoms with Gasteiger partial charge in [0.2, 0.25) is 0 Å². The average molecular weight is 314 g/mol. The Labute approximate surface area is 134 Å². The molecule has 120 valence electrons. The second-order valence-corrected chi connectivity index (χ2v) is 4.63. The summed E-state index contributed by atoms with van der Waals surface area (Å²) in [6.07, 6.45) is -1.17. The van der Waals surface area contributed by atoms with E-state index in [0.29, 0.717) is 11.5 Å². The van der Waals surface area contributed by atoms with Crippen molar-refractivity contribution >= 4 is 5.97 Å². The van der Waals surface area contributed by atoms with Crippen molar-refractivity contribution in [1.82, 2.24) is 0 Å². The molecule has 0 saturated carbocycles. The minimum Gasteiger partial charge on any atom is -0.459 e. The molecular formula is C18H18O5. The number of carbonyl (C=O) groups excluding carboxylic acids is 1. The maximum Gasteiger partial charge on any atom is 0.330 e. The standard InChI is InChI=1S/C18H18O5/c1-2-17(20)21-13-16(19)18(22-14-9-5-3-6-10-14)23-15-11-7-4-8-12-15/h2-12,16,18-19H,1,13H2. The zero-order chi connectivity index (χ0) is 16.5.